The van der Waals surface area contributed by atoms with Crippen LogP contribution in [0.3, 0.4) is 0 Å². The number of urea groups is 1. The fraction of sp³-hybridized carbons (Fsp3) is 0.714. The minimum atomic E-state index is -0.258. The van der Waals surface area contributed by atoms with Crippen molar-refractivity contribution in [2.75, 3.05) is 7.05 Å². The van der Waals surface area contributed by atoms with Crippen molar-refractivity contribution in [3.8, 4) is 0 Å². The Morgan fingerprint density at radius 3 is 2.45 bits per heavy atom. The second-order valence-electron chi connectivity index (χ2n) is 3.16. The van der Waals surface area contributed by atoms with Crippen LogP contribution in [0.4, 0.5) is 4.79 Å². The maximum atomic E-state index is 11.2. The molecular formula is C7H10N2O2. The maximum Gasteiger partial charge on any atom is 0.324 e. The summed E-state index contributed by atoms with van der Waals surface area (Å²) in [6.45, 7) is 0. The van der Waals surface area contributed by atoms with Gasteiger partial charge in [-0.1, -0.05) is 0 Å². The number of likely N-dealkylation sites (N-methyl/N-ethyl adjacent to an activating group) is 1. The molecule has 0 radical (unpaired) electrons. The van der Waals surface area contributed by atoms with Gasteiger partial charge in [-0.3, -0.25) is 9.69 Å². The van der Waals surface area contributed by atoms with Crippen LogP contribution in [0.15, 0.2) is 0 Å². The summed E-state index contributed by atoms with van der Waals surface area (Å²) in [7, 11) is 1.51. The van der Waals surface area contributed by atoms with E-state index < -0.39 is 0 Å². The van der Waals surface area contributed by atoms with Gasteiger partial charge < -0.3 is 5.32 Å². The third-order valence-electron chi connectivity index (χ3n) is 2.27. The van der Waals surface area contributed by atoms with Crippen molar-refractivity contribution < 1.29 is 9.59 Å². The molecule has 0 spiro atoms. The van der Waals surface area contributed by atoms with Gasteiger partial charge in [0, 0.05) is 7.05 Å². The van der Waals surface area contributed by atoms with E-state index in [0.29, 0.717) is 5.92 Å². The van der Waals surface area contributed by atoms with Crippen LogP contribution in [0.5, 0.6) is 0 Å². The lowest BCUT2D eigenvalue weighted by Gasteiger charge is -2.04. The van der Waals surface area contributed by atoms with Gasteiger partial charge in [-0.15, -0.1) is 0 Å². The lowest BCUT2D eigenvalue weighted by Crippen LogP contribution is -2.30. The summed E-state index contributed by atoms with van der Waals surface area (Å²) in [5, 5.41) is 2.65. The molecule has 2 rings (SSSR count). The molecule has 1 N–H and O–H groups in total. The van der Waals surface area contributed by atoms with Gasteiger partial charge in [-0.25, -0.2) is 4.79 Å². The van der Waals surface area contributed by atoms with Gasteiger partial charge in [0.1, 0.15) is 6.04 Å². The molecule has 0 bridgehead atoms. The highest BCUT2D eigenvalue weighted by molar-refractivity contribution is 6.04. The average Bonchev–Trinajstić information content (AvgIpc) is 2.76. The normalized spacial score (nSPS) is 31.0. The maximum absolute atomic E-state index is 11.2. The first-order valence-corrected chi connectivity index (χ1v) is 3.78. The standard InChI is InChI=1S/C7H10N2O2/c1-9-6(10)5(4-2-3-4)8-7(9)11/h4-5H,2-3H2,1H3,(H,8,11). The van der Waals surface area contributed by atoms with Gasteiger partial charge in [0.05, 0.1) is 0 Å². The van der Waals surface area contributed by atoms with Gasteiger partial charge >= 0.3 is 6.03 Å². The van der Waals surface area contributed by atoms with Crippen molar-refractivity contribution >= 4 is 11.9 Å². The Kier molecular flexibility index (Phi) is 1.19. The molecule has 11 heavy (non-hydrogen) atoms. The van der Waals surface area contributed by atoms with Gasteiger partial charge in [-0.05, 0) is 18.8 Å². The molecule has 0 aromatic rings. The second kappa shape index (κ2) is 1.96. The molecule has 0 aromatic heterocycles. The fourth-order valence-electron chi connectivity index (χ4n) is 1.35. The molecule has 1 saturated heterocycles. The number of imide groups is 1. The molecule has 1 aliphatic carbocycles. The smallest absolute Gasteiger partial charge is 0.324 e. The monoisotopic (exact) mass is 154 g/mol. The number of carbonyl (C=O) groups excluding carboxylic acids is 2. The first-order valence-electron chi connectivity index (χ1n) is 3.78. The van der Waals surface area contributed by atoms with Crippen LogP contribution in [0.1, 0.15) is 12.8 Å². The summed E-state index contributed by atoms with van der Waals surface area (Å²) in [6, 6.07) is -0.473. The van der Waals surface area contributed by atoms with Crippen LogP contribution in [0, 0.1) is 5.92 Å². The Bertz CT molecular complexity index is 222. The largest absolute Gasteiger partial charge is 0.326 e. The highest BCUT2D eigenvalue weighted by Crippen LogP contribution is 2.34. The van der Waals surface area contributed by atoms with E-state index in [1.165, 1.54) is 7.05 Å². The van der Waals surface area contributed by atoms with Crippen LogP contribution in [0.25, 0.3) is 0 Å². The summed E-state index contributed by atoms with van der Waals surface area (Å²) in [5.41, 5.74) is 0. The molecule has 1 unspecified atom stereocenters. The van der Waals surface area contributed by atoms with E-state index in [2.05, 4.69) is 5.32 Å². The summed E-state index contributed by atoms with van der Waals surface area (Å²) in [6.07, 6.45) is 2.15. The number of rotatable bonds is 1. The number of hydrogen-bond acceptors (Lipinski definition) is 2. The number of amides is 3. The Morgan fingerprint density at radius 2 is 2.09 bits per heavy atom. The van der Waals surface area contributed by atoms with E-state index in [0.717, 1.165) is 17.7 Å². The second-order valence-corrected chi connectivity index (χ2v) is 3.16. The highest BCUT2D eigenvalue weighted by Gasteiger charge is 2.44. The van der Waals surface area contributed by atoms with Crippen molar-refractivity contribution in [1.29, 1.82) is 0 Å². The summed E-state index contributed by atoms with van der Waals surface area (Å²) in [5.74, 6) is 0.342. The van der Waals surface area contributed by atoms with Gasteiger partial charge in [-0.2, -0.15) is 0 Å². The molecule has 1 saturated carbocycles. The molecule has 4 heteroatoms. The van der Waals surface area contributed by atoms with Crippen molar-refractivity contribution in [3.05, 3.63) is 0 Å². The summed E-state index contributed by atoms with van der Waals surface area (Å²) < 4.78 is 0. The molecule has 1 atom stereocenters. The van der Waals surface area contributed by atoms with E-state index in [-0.39, 0.29) is 18.0 Å². The SMILES string of the molecule is CN1C(=O)NC(C2CC2)C1=O. The predicted molar refractivity (Wildman–Crippen MR) is 37.8 cm³/mol. The number of nitrogens with one attached hydrogen (secondary N) is 1. The number of nitrogens with zero attached hydrogens (tertiary/aromatic N) is 1. The fourth-order valence-corrected chi connectivity index (χ4v) is 1.35. The first-order chi connectivity index (χ1) is 5.20. The highest BCUT2D eigenvalue weighted by atomic mass is 16.2. The minimum absolute atomic E-state index is 0.0718. The van der Waals surface area contributed by atoms with E-state index in [1.54, 1.807) is 0 Å². The molecule has 3 amide bonds. The van der Waals surface area contributed by atoms with E-state index in [4.69, 9.17) is 0 Å². The van der Waals surface area contributed by atoms with Crippen LogP contribution in [-0.2, 0) is 4.79 Å². The zero-order valence-electron chi connectivity index (χ0n) is 6.33. The van der Waals surface area contributed by atoms with E-state index in [1.807, 2.05) is 0 Å². The lowest BCUT2D eigenvalue weighted by atomic mass is 10.2. The van der Waals surface area contributed by atoms with E-state index in [9.17, 15) is 9.59 Å². The zero-order valence-corrected chi connectivity index (χ0v) is 6.33. The third-order valence-corrected chi connectivity index (χ3v) is 2.27. The summed E-state index contributed by atoms with van der Waals surface area (Å²) in [4.78, 5) is 23.3. The average molecular weight is 154 g/mol. The molecule has 2 fully saturated rings. The zero-order chi connectivity index (χ0) is 8.01. The van der Waals surface area contributed by atoms with Crippen molar-refractivity contribution in [2.45, 2.75) is 18.9 Å². The van der Waals surface area contributed by atoms with Crippen LogP contribution in [0.2, 0.25) is 0 Å². The molecule has 2 aliphatic rings. The van der Waals surface area contributed by atoms with Crippen LogP contribution >= 0.6 is 0 Å². The topological polar surface area (TPSA) is 49.4 Å². The molecule has 60 valence electrons. The number of carbonyl (C=O) groups is 2. The van der Waals surface area contributed by atoms with Crippen molar-refractivity contribution in [1.82, 2.24) is 10.2 Å². The Labute approximate surface area is 64.5 Å². The Morgan fingerprint density at radius 1 is 1.45 bits per heavy atom. The van der Waals surface area contributed by atoms with Gasteiger partial charge in [0.2, 0.25) is 0 Å². The van der Waals surface area contributed by atoms with Gasteiger partial charge in [0.15, 0.2) is 0 Å². The van der Waals surface area contributed by atoms with Crippen LogP contribution < -0.4 is 5.32 Å². The third kappa shape index (κ3) is 0.895. The number of hydrogen-bond donors (Lipinski definition) is 1. The van der Waals surface area contributed by atoms with E-state index >= 15 is 0 Å². The lowest BCUT2D eigenvalue weighted by molar-refractivity contribution is -0.126. The Hall–Kier alpha value is -1.06. The van der Waals surface area contributed by atoms with Crippen molar-refractivity contribution in [2.24, 2.45) is 5.92 Å². The van der Waals surface area contributed by atoms with Gasteiger partial charge in [0.25, 0.3) is 5.91 Å². The first kappa shape index (κ1) is 6.64. The summed E-state index contributed by atoms with van der Waals surface area (Å²) >= 11 is 0. The molecule has 1 heterocycles. The molecular weight excluding hydrogens is 144 g/mol. The quantitative estimate of drug-likeness (QED) is 0.538. The van der Waals surface area contributed by atoms with Crippen LogP contribution in [-0.4, -0.2) is 29.9 Å². The predicted octanol–water partition coefficient (Wildman–Crippen LogP) is -0.0534. The minimum Gasteiger partial charge on any atom is -0.326 e. The molecule has 1 aliphatic heterocycles. The molecule has 4 nitrogen and oxygen atoms in total. The Balaban J connectivity index is 2.13. The molecule has 0 aromatic carbocycles. The van der Waals surface area contributed by atoms with Crippen molar-refractivity contribution in [3.63, 3.8) is 0 Å².